The minimum Gasteiger partial charge on any atom is -0.478 e. The topological polar surface area (TPSA) is 110 Å². The van der Waals surface area contributed by atoms with Crippen LogP contribution in [0.15, 0.2) is 39.1 Å². The van der Waals surface area contributed by atoms with Crippen molar-refractivity contribution in [3.63, 3.8) is 0 Å². The van der Waals surface area contributed by atoms with E-state index in [4.69, 9.17) is 21.4 Å². The average Bonchev–Trinajstić information content (AvgIpc) is 2.68. The summed E-state index contributed by atoms with van der Waals surface area (Å²) in [6.45, 7) is 0. The minimum absolute atomic E-state index is 0.0266. The number of halogens is 1. The summed E-state index contributed by atoms with van der Waals surface area (Å²) in [5.74, 6) is -2.88. The van der Waals surface area contributed by atoms with Crippen LogP contribution in [-0.4, -0.2) is 31.7 Å². The van der Waals surface area contributed by atoms with E-state index in [1.165, 1.54) is 24.3 Å². The van der Waals surface area contributed by atoms with Gasteiger partial charge in [0.25, 0.3) is 10.0 Å². The molecule has 0 aromatic heterocycles. The molecule has 0 spiro atoms. The van der Waals surface area contributed by atoms with Gasteiger partial charge in [0.15, 0.2) is 4.91 Å². The van der Waals surface area contributed by atoms with Gasteiger partial charge in [-0.25, -0.2) is 9.59 Å². The molecule has 0 radical (unpaired) electrons. The zero-order valence-electron chi connectivity index (χ0n) is 9.61. The third-order valence-corrected chi connectivity index (χ3v) is 3.80. The van der Waals surface area contributed by atoms with E-state index in [2.05, 4.69) is 4.40 Å². The highest BCUT2D eigenvalue weighted by molar-refractivity contribution is 7.95. The highest BCUT2D eigenvalue weighted by atomic mass is 35.5. The third-order valence-electron chi connectivity index (χ3n) is 2.26. The van der Waals surface area contributed by atoms with E-state index in [1.54, 1.807) is 0 Å². The SMILES string of the molecule is O=C(O)C1=C(C(=O)Oc2ccc(Cl)cc2)S(=O)(=O)N=C1. The van der Waals surface area contributed by atoms with Gasteiger partial charge in [0.1, 0.15) is 11.3 Å². The van der Waals surface area contributed by atoms with E-state index in [1.807, 2.05) is 0 Å². The number of carbonyl (C=O) groups excluding carboxylic acids is 1. The van der Waals surface area contributed by atoms with Gasteiger partial charge >= 0.3 is 11.9 Å². The Hall–Kier alpha value is -2.19. The quantitative estimate of drug-likeness (QED) is 0.658. The molecule has 1 aliphatic heterocycles. The minimum atomic E-state index is -4.34. The highest BCUT2D eigenvalue weighted by Gasteiger charge is 2.36. The number of nitrogens with zero attached hydrogens (tertiary/aromatic N) is 1. The summed E-state index contributed by atoms with van der Waals surface area (Å²) in [7, 11) is -4.34. The van der Waals surface area contributed by atoms with Crippen LogP contribution in [0, 0.1) is 0 Å². The molecule has 1 aromatic carbocycles. The molecule has 2 rings (SSSR count). The predicted octanol–water partition coefficient (Wildman–Crippen LogP) is 0.998. The number of carboxylic acid groups (broad SMARTS) is 1. The lowest BCUT2D eigenvalue weighted by Gasteiger charge is -2.05. The van der Waals surface area contributed by atoms with Gasteiger partial charge in [-0.15, -0.1) is 0 Å². The molecule has 0 saturated carbocycles. The Balaban J connectivity index is 2.35. The molecule has 0 amide bonds. The summed E-state index contributed by atoms with van der Waals surface area (Å²) < 4.78 is 30.8. The molecule has 0 saturated heterocycles. The number of aliphatic carboxylic acids is 1. The van der Waals surface area contributed by atoms with Gasteiger partial charge in [-0.05, 0) is 24.3 Å². The van der Waals surface area contributed by atoms with Crippen molar-refractivity contribution in [2.75, 3.05) is 0 Å². The Morgan fingerprint density at radius 3 is 2.35 bits per heavy atom. The summed E-state index contributed by atoms with van der Waals surface area (Å²) in [6, 6.07) is 5.53. The number of sulfonamides is 1. The van der Waals surface area contributed by atoms with Crippen LogP contribution in [-0.2, 0) is 19.6 Å². The Bertz CT molecular complexity index is 748. The van der Waals surface area contributed by atoms with E-state index in [0.29, 0.717) is 11.2 Å². The lowest BCUT2D eigenvalue weighted by molar-refractivity contribution is -0.133. The smallest absolute Gasteiger partial charge is 0.358 e. The zero-order valence-corrected chi connectivity index (χ0v) is 11.2. The Kier molecular flexibility index (Phi) is 3.60. The second kappa shape index (κ2) is 5.06. The molecular formula is C11H6ClNO6S. The fraction of sp³-hybridized carbons (Fsp3) is 0. The molecular weight excluding hydrogens is 310 g/mol. The molecule has 1 aliphatic rings. The third kappa shape index (κ3) is 2.70. The van der Waals surface area contributed by atoms with Crippen molar-refractivity contribution in [3.8, 4) is 5.75 Å². The number of rotatable bonds is 3. The molecule has 104 valence electrons. The molecule has 0 bridgehead atoms. The van der Waals surface area contributed by atoms with E-state index >= 15 is 0 Å². The van der Waals surface area contributed by atoms with Gasteiger partial charge in [0.2, 0.25) is 0 Å². The number of hydrogen-bond donors (Lipinski definition) is 1. The first-order valence-electron chi connectivity index (χ1n) is 5.07. The monoisotopic (exact) mass is 315 g/mol. The first-order chi connectivity index (χ1) is 9.31. The summed E-state index contributed by atoms with van der Waals surface area (Å²) >= 11 is 5.64. The first kappa shape index (κ1) is 14.2. The lowest BCUT2D eigenvalue weighted by atomic mass is 10.2. The van der Waals surface area contributed by atoms with E-state index < -0.39 is 32.4 Å². The first-order valence-corrected chi connectivity index (χ1v) is 6.89. The molecule has 0 aliphatic carbocycles. The van der Waals surface area contributed by atoms with Crippen molar-refractivity contribution < 1.29 is 27.9 Å². The largest absolute Gasteiger partial charge is 0.478 e. The van der Waals surface area contributed by atoms with Crippen LogP contribution in [0.3, 0.4) is 0 Å². The predicted molar refractivity (Wildman–Crippen MR) is 69.2 cm³/mol. The fourth-order valence-corrected chi connectivity index (χ4v) is 2.54. The molecule has 0 unspecified atom stereocenters. The van der Waals surface area contributed by atoms with Gasteiger partial charge in [-0.2, -0.15) is 12.8 Å². The van der Waals surface area contributed by atoms with Crippen molar-refractivity contribution in [3.05, 3.63) is 39.8 Å². The molecule has 0 fully saturated rings. The summed E-state index contributed by atoms with van der Waals surface area (Å²) in [5, 5.41) is 9.22. The number of esters is 1. The van der Waals surface area contributed by atoms with Gasteiger partial charge in [0.05, 0.1) is 6.21 Å². The molecule has 9 heteroatoms. The van der Waals surface area contributed by atoms with Crippen LogP contribution in [0.1, 0.15) is 0 Å². The van der Waals surface area contributed by atoms with Crippen LogP contribution in [0.25, 0.3) is 0 Å². The Labute approximate surface area is 118 Å². The summed E-state index contributed by atoms with van der Waals surface area (Å²) in [5.41, 5.74) is -0.732. The fourth-order valence-electron chi connectivity index (χ4n) is 1.40. The molecule has 0 atom stereocenters. The van der Waals surface area contributed by atoms with Crippen LogP contribution < -0.4 is 4.74 Å². The van der Waals surface area contributed by atoms with Gasteiger partial charge in [-0.1, -0.05) is 11.6 Å². The second-order valence-corrected chi connectivity index (χ2v) is 5.61. The number of benzene rings is 1. The summed E-state index contributed by atoms with van der Waals surface area (Å²) in [4.78, 5) is 21.7. The zero-order chi connectivity index (χ0) is 14.9. The van der Waals surface area contributed by atoms with Crippen LogP contribution >= 0.6 is 11.6 Å². The lowest BCUT2D eigenvalue weighted by Crippen LogP contribution is -2.19. The highest BCUT2D eigenvalue weighted by Crippen LogP contribution is 2.23. The standard InChI is InChI=1S/C11H6ClNO6S/c12-6-1-3-7(4-2-6)19-11(16)9-8(10(14)15)5-13-20(9,17)18/h1-5H,(H,14,15). The number of carboxylic acids is 1. The molecule has 7 nitrogen and oxygen atoms in total. The maximum atomic E-state index is 11.8. The number of hydrogen-bond acceptors (Lipinski definition) is 5. The van der Waals surface area contributed by atoms with Gasteiger partial charge < -0.3 is 9.84 Å². The number of carbonyl (C=O) groups is 2. The van der Waals surface area contributed by atoms with Crippen LogP contribution in [0.2, 0.25) is 5.02 Å². The van der Waals surface area contributed by atoms with Crippen LogP contribution in [0.4, 0.5) is 0 Å². The maximum Gasteiger partial charge on any atom is 0.358 e. The number of ether oxygens (including phenoxy) is 1. The second-order valence-electron chi connectivity index (χ2n) is 3.60. The molecule has 20 heavy (non-hydrogen) atoms. The van der Waals surface area contributed by atoms with Gasteiger partial charge in [-0.3, -0.25) is 0 Å². The Morgan fingerprint density at radius 1 is 1.20 bits per heavy atom. The van der Waals surface area contributed by atoms with Crippen molar-refractivity contribution >= 4 is 39.8 Å². The van der Waals surface area contributed by atoms with Crippen molar-refractivity contribution in [1.29, 1.82) is 0 Å². The van der Waals surface area contributed by atoms with Crippen molar-refractivity contribution in [2.24, 2.45) is 4.40 Å². The Morgan fingerprint density at radius 2 is 1.80 bits per heavy atom. The maximum absolute atomic E-state index is 11.8. The van der Waals surface area contributed by atoms with Gasteiger partial charge in [0, 0.05) is 5.02 Å². The molecule has 1 aromatic rings. The van der Waals surface area contributed by atoms with E-state index in [9.17, 15) is 18.0 Å². The van der Waals surface area contributed by atoms with Crippen molar-refractivity contribution in [1.82, 2.24) is 0 Å². The van der Waals surface area contributed by atoms with E-state index in [-0.39, 0.29) is 5.75 Å². The van der Waals surface area contributed by atoms with Crippen LogP contribution in [0.5, 0.6) is 5.75 Å². The summed E-state index contributed by atoms with van der Waals surface area (Å²) in [6.07, 6.45) is 0.593. The normalized spacial score (nSPS) is 16.2. The van der Waals surface area contributed by atoms with E-state index in [0.717, 1.165) is 0 Å². The average molecular weight is 316 g/mol. The molecule has 1 N–H and O–H groups in total. The van der Waals surface area contributed by atoms with Crippen molar-refractivity contribution in [2.45, 2.75) is 0 Å². The molecule has 1 heterocycles.